The molecule has 0 aromatic carbocycles. The van der Waals surface area contributed by atoms with E-state index in [9.17, 15) is 9.59 Å². The van der Waals surface area contributed by atoms with Crippen molar-refractivity contribution in [1.82, 2.24) is 0 Å². The average molecular weight is 416 g/mol. The molecule has 0 aromatic heterocycles. The van der Waals surface area contributed by atoms with E-state index in [1.54, 1.807) is 6.92 Å². The van der Waals surface area contributed by atoms with Crippen LogP contribution in [0.1, 0.15) is 86.0 Å². The van der Waals surface area contributed by atoms with Crippen molar-refractivity contribution in [3.8, 4) is 0 Å². The van der Waals surface area contributed by atoms with E-state index < -0.39 is 6.04 Å². The van der Waals surface area contributed by atoms with Crippen molar-refractivity contribution in [1.29, 1.82) is 0 Å². The van der Waals surface area contributed by atoms with Crippen molar-refractivity contribution in [2.45, 2.75) is 98.1 Å². The van der Waals surface area contributed by atoms with Crippen molar-refractivity contribution < 1.29 is 14.3 Å². The maximum atomic E-state index is 12.4. The van der Waals surface area contributed by atoms with Crippen molar-refractivity contribution >= 4 is 11.8 Å². The highest BCUT2D eigenvalue weighted by Gasteiger charge is 2.59. The fourth-order valence-corrected chi connectivity index (χ4v) is 7.91. The van der Waals surface area contributed by atoms with Gasteiger partial charge in [-0.05, 0) is 86.4 Å². The molecule has 8 atom stereocenters. The fraction of sp³-hybridized carbons (Fsp3) is 0.846. The van der Waals surface area contributed by atoms with Crippen molar-refractivity contribution in [2.75, 3.05) is 0 Å². The summed E-state index contributed by atoms with van der Waals surface area (Å²) in [5, 5.41) is 0. The highest BCUT2D eigenvalue weighted by Crippen LogP contribution is 2.66. The second-order valence-corrected chi connectivity index (χ2v) is 11.6. The number of ketones is 1. The number of hydrogen-bond acceptors (Lipinski definition) is 4. The van der Waals surface area contributed by atoms with Crippen LogP contribution in [0.2, 0.25) is 0 Å². The zero-order chi connectivity index (χ0) is 21.8. The Morgan fingerprint density at radius 2 is 1.83 bits per heavy atom. The molecule has 0 saturated heterocycles. The molecular weight excluding hydrogens is 374 g/mol. The summed E-state index contributed by atoms with van der Waals surface area (Å²) in [7, 11) is 0. The monoisotopic (exact) mass is 415 g/mol. The number of ether oxygens (including phenoxy) is 1. The number of esters is 1. The van der Waals surface area contributed by atoms with E-state index in [0.717, 1.165) is 32.1 Å². The molecule has 0 aromatic rings. The van der Waals surface area contributed by atoms with Gasteiger partial charge in [0, 0.05) is 12.3 Å². The van der Waals surface area contributed by atoms with Crippen LogP contribution in [0.5, 0.6) is 0 Å². The Balaban J connectivity index is 1.50. The molecule has 4 aliphatic rings. The van der Waals surface area contributed by atoms with Gasteiger partial charge >= 0.3 is 5.97 Å². The van der Waals surface area contributed by atoms with Gasteiger partial charge in [-0.25, -0.2) is 0 Å². The zero-order valence-corrected chi connectivity index (χ0v) is 19.6. The predicted octanol–water partition coefficient (Wildman–Crippen LogP) is 5.05. The van der Waals surface area contributed by atoms with Crippen LogP contribution in [0.25, 0.3) is 0 Å². The molecule has 168 valence electrons. The summed E-state index contributed by atoms with van der Waals surface area (Å²) in [6, 6.07) is -0.532. The number of allylic oxidation sites excluding steroid dienone is 1. The number of nitrogens with two attached hydrogens (primary N) is 1. The molecule has 0 amide bonds. The van der Waals surface area contributed by atoms with Gasteiger partial charge in [-0.15, -0.1) is 0 Å². The van der Waals surface area contributed by atoms with Gasteiger partial charge in [0.1, 0.15) is 17.9 Å². The van der Waals surface area contributed by atoms with Gasteiger partial charge in [-0.1, -0.05) is 39.3 Å². The Labute approximate surface area is 182 Å². The van der Waals surface area contributed by atoms with E-state index in [1.807, 2.05) is 13.8 Å². The minimum absolute atomic E-state index is 0.0272. The standard InChI is InChI=1S/C26H41NO3/c1-15(2)23(27)24(29)30-18-10-12-25(4)17(14-18)6-7-19-21-9-8-20(16(3)28)26(21,5)13-11-22(19)25/h6,15,18-23H,7-14,27H2,1-5H3/t18-,19?,20+,21?,22?,23-,25-,26+/m0/s1. The Kier molecular flexibility index (Phi) is 5.70. The van der Waals surface area contributed by atoms with Crippen LogP contribution in [0, 0.1) is 40.4 Å². The summed E-state index contributed by atoms with van der Waals surface area (Å²) in [4.78, 5) is 24.7. The lowest BCUT2D eigenvalue weighted by atomic mass is 9.47. The molecule has 3 fully saturated rings. The van der Waals surface area contributed by atoms with E-state index in [2.05, 4.69) is 19.9 Å². The summed E-state index contributed by atoms with van der Waals surface area (Å²) in [5.41, 5.74) is 7.94. The second kappa shape index (κ2) is 7.76. The summed E-state index contributed by atoms with van der Waals surface area (Å²) in [6.07, 6.45) is 11.2. The quantitative estimate of drug-likeness (QED) is 0.515. The molecule has 0 bridgehead atoms. The van der Waals surface area contributed by atoms with E-state index in [-0.39, 0.29) is 34.7 Å². The fourth-order valence-electron chi connectivity index (χ4n) is 7.91. The van der Waals surface area contributed by atoms with Gasteiger partial charge in [0.2, 0.25) is 0 Å². The molecule has 3 saturated carbocycles. The second-order valence-electron chi connectivity index (χ2n) is 11.6. The topological polar surface area (TPSA) is 69.4 Å². The van der Waals surface area contributed by atoms with E-state index in [0.29, 0.717) is 23.5 Å². The Hall–Kier alpha value is -1.16. The Bertz CT molecular complexity index is 743. The molecule has 0 spiro atoms. The molecule has 4 nitrogen and oxygen atoms in total. The average Bonchev–Trinajstić information content (AvgIpc) is 3.05. The summed E-state index contributed by atoms with van der Waals surface area (Å²) >= 11 is 0. The lowest BCUT2D eigenvalue weighted by Gasteiger charge is -2.58. The van der Waals surface area contributed by atoms with Gasteiger partial charge in [-0.2, -0.15) is 0 Å². The third-order valence-electron chi connectivity index (χ3n) is 9.82. The molecule has 4 heteroatoms. The van der Waals surface area contributed by atoms with Gasteiger partial charge < -0.3 is 10.5 Å². The molecule has 3 unspecified atom stereocenters. The molecular formula is C26H41NO3. The summed E-state index contributed by atoms with van der Waals surface area (Å²) in [6.45, 7) is 10.6. The summed E-state index contributed by atoms with van der Waals surface area (Å²) < 4.78 is 5.83. The van der Waals surface area contributed by atoms with Gasteiger partial charge in [0.05, 0.1) is 0 Å². The lowest BCUT2D eigenvalue weighted by molar-refractivity contribution is -0.154. The lowest BCUT2D eigenvalue weighted by Crippen LogP contribution is -2.51. The Morgan fingerprint density at radius 1 is 1.10 bits per heavy atom. The number of hydrogen-bond donors (Lipinski definition) is 1. The zero-order valence-electron chi connectivity index (χ0n) is 19.6. The number of carbonyl (C=O) groups is 2. The largest absolute Gasteiger partial charge is 0.461 e. The normalized spacial score (nSPS) is 43.8. The van der Waals surface area contributed by atoms with Crippen LogP contribution < -0.4 is 5.73 Å². The smallest absolute Gasteiger partial charge is 0.323 e. The number of fused-ring (bicyclic) bond motifs is 5. The first kappa shape index (κ1) is 22.0. The van der Waals surface area contributed by atoms with E-state index in [1.165, 1.54) is 24.8 Å². The van der Waals surface area contributed by atoms with Crippen molar-refractivity contribution in [3.63, 3.8) is 0 Å². The van der Waals surface area contributed by atoms with Crippen molar-refractivity contribution in [3.05, 3.63) is 11.6 Å². The molecule has 0 radical (unpaired) electrons. The van der Waals surface area contributed by atoms with Crippen molar-refractivity contribution in [2.24, 2.45) is 46.2 Å². The molecule has 4 rings (SSSR count). The van der Waals surface area contributed by atoms with Gasteiger partial charge in [0.15, 0.2) is 0 Å². The van der Waals surface area contributed by atoms with Gasteiger partial charge in [0.25, 0.3) is 0 Å². The first-order valence-electron chi connectivity index (χ1n) is 12.2. The predicted molar refractivity (Wildman–Crippen MR) is 119 cm³/mol. The van der Waals surface area contributed by atoms with Crippen LogP contribution >= 0.6 is 0 Å². The number of carbonyl (C=O) groups excluding carboxylic acids is 2. The molecule has 0 heterocycles. The first-order chi connectivity index (χ1) is 14.1. The third kappa shape index (κ3) is 3.38. The van der Waals surface area contributed by atoms with Crippen LogP contribution in [-0.4, -0.2) is 23.9 Å². The highest BCUT2D eigenvalue weighted by atomic mass is 16.5. The van der Waals surface area contributed by atoms with Crippen LogP contribution in [0.15, 0.2) is 11.6 Å². The maximum absolute atomic E-state index is 12.4. The number of rotatable bonds is 4. The van der Waals surface area contributed by atoms with Crippen LogP contribution in [-0.2, 0) is 14.3 Å². The molecule has 30 heavy (non-hydrogen) atoms. The van der Waals surface area contributed by atoms with Gasteiger partial charge in [-0.3, -0.25) is 9.59 Å². The third-order valence-corrected chi connectivity index (χ3v) is 9.82. The summed E-state index contributed by atoms with van der Waals surface area (Å²) in [5.74, 6) is 2.61. The minimum atomic E-state index is -0.532. The van der Waals surface area contributed by atoms with E-state index in [4.69, 9.17) is 10.5 Å². The number of Topliss-reactive ketones (excluding diaryl/α,β-unsaturated/α-hetero) is 1. The highest BCUT2D eigenvalue weighted by molar-refractivity contribution is 5.79. The first-order valence-corrected chi connectivity index (χ1v) is 12.2. The SMILES string of the molecule is CC(=O)[C@H]1CCC2C3CC=C4C[C@@H](OC(=O)[C@@H](N)C(C)C)CC[C@]4(C)C3CC[C@@]21C. The van der Waals surface area contributed by atoms with Crippen LogP contribution in [0.3, 0.4) is 0 Å². The molecule has 0 aliphatic heterocycles. The van der Waals surface area contributed by atoms with Crippen LogP contribution in [0.4, 0.5) is 0 Å². The van der Waals surface area contributed by atoms with E-state index >= 15 is 0 Å². The Morgan fingerprint density at radius 3 is 2.50 bits per heavy atom. The molecule has 2 N–H and O–H groups in total. The molecule has 4 aliphatic carbocycles. The minimum Gasteiger partial charge on any atom is -0.461 e. The maximum Gasteiger partial charge on any atom is 0.323 e.